The van der Waals surface area contributed by atoms with Gasteiger partial charge in [0.15, 0.2) is 0 Å². The van der Waals surface area contributed by atoms with E-state index in [9.17, 15) is 13.2 Å². The molecule has 0 aromatic heterocycles. The van der Waals surface area contributed by atoms with Crippen molar-refractivity contribution in [3.8, 4) is 0 Å². The van der Waals surface area contributed by atoms with Crippen molar-refractivity contribution in [1.82, 2.24) is 10.2 Å². The van der Waals surface area contributed by atoms with Crippen molar-refractivity contribution in [2.24, 2.45) is 0 Å². The Morgan fingerprint density at radius 1 is 1.18 bits per heavy atom. The molecule has 1 rings (SSSR count). The maximum atomic E-state index is 11.7. The van der Waals surface area contributed by atoms with Gasteiger partial charge in [0.1, 0.15) is 6.61 Å². The summed E-state index contributed by atoms with van der Waals surface area (Å²) in [6, 6.07) is 0. The molecule has 0 radical (unpaired) electrons. The molecule has 102 valence electrons. The van der Waals surface area contributed by atoms with E-state index in [-0.39, 0.29) is 6.61 Å². The number of nitrogens with zero attached hydrogens (tertiary/aromatic N) is 1. The Bertz CT molecular complexity index is 198. The fourth-order valence-corrected chi connectivity index (χ4v) is 2.50. The molecule has 1 fully saturated rings. The predicted molar refractivity (Wildman–Crippen MR) is 63.5 cm³/mol. The lowest BCUT2D eigenvalue weighted by Crippen LogP contribution is -2.38. The molecule has 0 amide bonds. The summed E-state index contributed by atoms with van der Waals surface area (Å²) in [7, 11) is 0. The van der Waals surface area contributed by atoms with Gasteiger partial charge in [0.25, 0.3) is 0 Å². The Morgan fingerprint density at radius 2 is 1.88 bits per heavy atom. The minimum Gasteiger partial charge on any atom is -0.371 e. The number of halogens is 3. The van der Waals surface area contributed by atoms with Gasteiger partial charge >= 0.3 is 6.18 Å². The van der Waals surface area contributed by atoms with Crippen LogP contribution in [0.4, 0.5) is 13.2 Å². The van der Waals surface area contributed by atoms with Crippen molar-refractivity contribution in [1.29, 1.82) is 0 Å². The van der Waals surface area contributed by atoms with Crippen LogP contribution in [-0.2, 0) is 4.74 Å². The molecule has 0 aliphatic carbocycles. The highest BCUT2D eigenvalue weighted by atomic mass is 32.2. The van der Waals surface area contributed by atoms with E-state index in [1.165, 1.54) is 11.5 Å². The van der Waals surface area contributed by atoms with Crippen LogP contribution in [0.1, 0.15) is 0 Å². The molecule has 0 atom stereocenters. The summed E-state index contributed by atoms with van der Waals surface area (Å²) < 4.78 is 39.6. The average molecular weight is 272 g/mol. The monoisotopic (exact) mass is 272 g/mol. The molecule has 0 aromatic carbocycles. The highest BCUT2D eigenvalue weighted by Crippen LogP contribution is 2.13. The van der Waals surface area contributed by atoms with Crippen molar-refractivity contribution in [2.75, 3.05) is 57.4 Å². The predicted octanol–water partition coefficient (Wildman–Crippen LogP) is 1.20. The lowest BCUT2D eigenvalue weighted by atomic mass is 10.4. The summed E-state index contributed by atoms with van der Waals surface area (Å²) in [6.45, 7) is 3.40. The maximum absolute atomic E-state index is 11.7. The van der Waals surface area contributed by atoms with Gasteiger partial charge in [-0.3, -0.25) is 0 Å². The second-order valence-electron chi connectivity index (χ2n) is 3.87. The molecule has 0 saturated carbocycles. The van der Waals surface area contributed by atoms with Crippen LogP contribution in [0, 0.1) is 0 Å². The molecule has 0 unspecified atom stereocenters. The number of alkyl halides is 3. The van der Waals surface area contributed by atoms with Gasteiger partial charge in [0, 0.05) is 44.2 Å². The highest BCUT2D eigenvalue weighted by molar-refractivity contribution is 7.99. The van der Waals surface area contributed by atoms with E-state index in [0.29, 0.717) is 6.54 Å². The Balaban J connectivity index is 1.84. The molecule has 0 spiro atoms. The van der Waals surface area contributed by atoms with Gasteiger partial charge in [-0.1, -0.05) is 0 Å². The fraction of sp³-hybridized carbons (Fsp3) is 1.00. The van der Waals surface area contributed by atoms with Crippen LogP contribution < -0.4 is 5.32 Å². The number of ether oxygens (including phenoxy) is 1. The van der Waals surface area contributed by atoms with Gasteiger partial charge in [-0.05, 0) is 0 Å². The van der Waals surface area contributed by atoms with E-state index in [4.69, 9.17) is 0 Å². The number of hydrogen-bond acceptors (Lipinski definition) is 4. The zero-order chi connectivity index (χ0) is 12.6. The second kappa shape index (κ2) is 8.18. The summed E-state index contributed by atoms with van der Waals surface area (Å²) in [5, 5.41) is 3.08. The molecule has 0 aromatic rings. The van der Waals surface area contributed by atoms with Crippen molar-refractivity contribution < 1.29 is 17.9 Å². The zero-order valence-electron chi connectivity index (χ0n) is 9.76. The Labute approximate surface area is 104 Å². The first kappa shape index (κ1) is 15.1. The Morgan fingerprint density at radius 3 is 2.53 bits per heavy atom. The number of thioether (sulfide) groups is 1. The van der Waals surface area contributed by atoms with Gasteiger partial charge in [-0.25, -0.2) is 0 Å². The smallest absolute Gasteiger partial charge is 0.371 e. The first-order valence-electron chi connectivity index (χ1n) is 5.73. The van der Waals surface area contributed by atoms with Crippen molar-refractivity contribution in [3.63, 3.8) is 0 Å². The van der Waals surface area contributed by atoms with Crippen LogP contribution in [0.25, 0.3) is 0 Å². The minimum absolute atomic E-state index is 0.107. The standard InChI is InChI=1S/C10H19F3N2OS/c11-10(12,13)9-16-6-2-14-1-3-15-4-7-17-8-5-15/h14H,1-9H2. The lowest BCUT2D eigenvalue weighted by Gasteiger charge is -2.26. The number of nitrogens with one attached hydrogen (secondary N) is 1. The molecule has 0 bridgehead atoms. The van der Waals surface area contributed by atoms with Crippen molar-refractivity contribution >= 4 is 11.8 Å². The molecule has 1 N–H and O–H groups in total. The SMILES string of the molecule is FC(F)(F)COCCNCCN1CCSCC1. The van der Waals surface area contributed by atoms with Gasteiger partial charge in [-0.2, -0.15) is 24.9 Å². The normalized spacial score (nSPS) is 18.5. The van der Waals surface area contributed by atoms with Crippen LogP contribution in [-0.4, -0.2) is 68.5 Å². The largest absolute Gasteiger partial charge is 0.411 e. The quantitative estimate of drug-likeness (QED) is 0.704. The first-order chi connectivity index (χ1) is 8.08. The van der Waals surface area contributed by atoms with Crippen molar-refractivity contribution in [3.05, 3.63) is 0 Å². The van der Waals surface area contributed by atoms with Crippen LogP contribution in [0.2, 0.25) is 0 Å². The lowest BCUT2D eigenvalue weighted by molar-refractivity contribution is -0.173. The summed E-state index contributed by atoms with van der Waals surface area (Å²) in [4.78, 5) is 2.36. The van der Waals surface area contributed by atoms with Crippen LogP contribution in [0.15, 0.2) is 0 Å². The fourth-order valence-electron chi connectivity index (χ4n) is 1.52. The Hall–Kier alpha value is 0.0200. The topological polar surface area (TPSA) is 24.5 Å². The van der Waals surface area contributed by atoms with Gasteiger partial charge in [-0.15, -0.1) is 0 Å². The Kier molecular flexibility index (Phi) is 7.26. The number of rotatable bonds is 7. The molecule has 17 heavy (non-hydrogen) atoms. The molecule has 7 heteroatoms. The molecule has 1 aliphatic rings. The molecular weight excluding hydrogens is 253 g/mol. The van der Waals surface area contributed by atoms with Crippen LogP contribution >= 0.6 is 11.8 Å². The maximum Gasteiger partial charge on any atom is 0.411 e. The average Bonchev–Trinajstić information content (AvgIpc) is 2.28. The van der Waals surface area contributed by atoms with E-state index in [0.717, 1.165) is 26.2 Å². The molecule has 1 saturated heterocycles. The molecule has 3 nitrogen and oxygen atoms in total. The molecule has 1 heterocycles. The third-order valence-corrected chi connectivity index (χ3v) is 3.34. The van der Waals surface area contributed by atoms with E-state index >= 15 is 0 Å². The molecular formula is C10H19F3N2OS. The molecule has 1 aliphatic heterocycles. The van der Waals surface area contributed by atoms with Crippen molar-refractivity contribution in [2.45, 2.75) is 6.18 Å². The van der Waals surface area contributed by atoms with Gasteiger partial charge in [0.2, 0.25) is 0 Å². The number of hydrogen-bond donors (Lipinski definition) is 1. The van der Waals surface area contributed by atoms with Crippen LogP contribution in [0.3, 0.4) is 0 Å². The van der Waals surface area contributed by atoms with E-state index < -0.39 is 12.8 Å². The third kappa shape index (κ3) is 8.70. The van der Waals surface area contributed by atoms with Gasteiger partial charge in [0.05, 0.1) is 6.61 Å². The first-order valence-corrected chi connectivity index (χ1v) is 6.89. The van der Waals surface area contributed by atoms with E-state index in [2.05, 4.69) is 15.0 Å². The van der Waals surface area contributed by atoms with E-state index in [1.807, 2.05) is 11.8 Å². The van der Waals surface area contributed by atoms with E-state index in [1.54, 1.807) is 0 Å². The summed E-state index contributed by atoms with van der Waals surface area (Å²) in [5.74, 6) is 2.35. The summed E-state index contributed by atoms with van der Waals surface area (Å²) in [6.07, 6.45) is -4.22. The van der Waals surface area contributed by atoms with Crippen LogP contribution in [0.5, 0.6) is 0 Å². The van der Waals surface area contributed by atoms with Gasteiger partial charge < -0.3 is 15.0 Å². The third-order valence-electron chi connectivity index (χ3n) is 2.40. The minimum atomic E-state index is -4.22. The second-order valence-corrected chi connectivity index (χ2v) is 5.10. The zero-order valence-corrected chi connectivity index (χ0v) is 10.6. The summed E-state index contributed by atoms with van der Waals surface area (Å²) in [5.41, 5.74) is 0. The summed E-state index contributed by atoms with van der Waals surface area (Å²) >= 11 is 1.96. The highest BCUT2D eigenvalue weighted by Gasteiger charge is 2.27.